The number of rotatable bonds is 5. The minimum atomic E-state index is 0.0168. The molecule has 0 aliphatic heterocycles. The van der Waals surface area contributed by atoms with Crippen LogP contribution in [0.3, 0.4) is 0 Å². The average molecular weight is 796 g/mol. The van der Waals surface area contributed by atoms with Crippen molar-refractivity contribution in [3.63, 3.8) is 0 Å². The fraction of sp³-hybridized carbons (Fsp3) is 0. The molecule has 13 heteroatoms. The van der Waals surface area contributed by atoms with E-state index in [-0.39, 0.29) is 82.2 Å². The van der Waals surface area contributed by atoms with Gasteiger partial charge >= 0.3 is 0 Å². The summed E-state index contributed by atoms with van der Waals surface area (Å²) in [7, 11) is 76.3. The summed E-state index contributed by atoms with van der Waals surface area (Å²) in [4.78, 5) is 1.74. The molecule has 65 heavy (non-hydrogen) atoms. The van der Waals surface area contributed by atoms with Gasteiger partial charge in [0.1, 0.15) is 97.5 Å². The molecule has 274 valence electrons. The first-order valence-electron chi connectivity index (χ1n) is 20.8. The summed E-state index contributed by atoms with van der Waals surface area (Å²) in [6.45, 7) is 0. The van der Waals surface area contributed by atoms with Crippen LogP contribution in [-0.2, 0) is 0 Å². The molecular formula is C52H22B11NO. The van der Waals surface area contributed by atoms with E-state index in [4.69, 9.17) is 90.7 Å². The summed E-state index contributed by atoms with van der Waals surface area (Å²) in [5, 5.41) is 8.45. The van der Waals surface area contributed by atoms with Crippen molar-refractivity contribution in [2.75, 3.05) is 4.90 Å². The highest BCUT2D eigenvalue weighted by atomic mass is 16.3. The summed E-state index contributed by atoms with van der Waals surface area (Å²) >= 11 is 0. The lowest BCUT2D eigenvalue weighted by Gasteiger charge is -2.37. The number of fused-ring (bicyclic) bond motifs is 9. The SMILES string of the molecule is [B]c1c([B])c(N(c2cccc(-c3cccc4oc5c6ccccc6ccc5c34)c2)c2c([B])c([B])c([B])c3c([B])c([B])c([B])c([B])c23)c([B])c([B])c1-c1cc2ccccc2c2ccccc12. The van der Waals surface area contributed by atoms with E-state index >= 15 is 0 Å². The Morgan fingerprint density at radius 3 is 1.62 bits per heavy atom. The zero-order valence-corrected chi connectivity index (χ0v) is 34.9. The third kappa shape index (κ3) is 6.04. The Bertz CT molecular complexity index is 3840. The van der Waals surface area contributed by atoms with Gasteiger partial charge in [-0.3, -0.25) is 0 Å². The molecule has 0 aliphatic carbocycles. The molecule has 22 radical (unpaired) electrons. The van der Waals surface area contributed by atoms with Gasteiger partial charge in [0.05, 0.1) is 0 Å². The van der Waals surface area contributed by atoms with Crippen LogP contribution in [0.25, 0.3) is 87.3 Å². The summed E-state index contributed by atoms with van der Waals surface area (Å²) in [6.07, 6.45) is 0. The summed E-state index contributed by atoms with van der Waals surface area (Å²) in [6, 6.07) is 44.2. The number of anilines is 3. The van der Waals surface area contributed by atoms with E-state index in [0.29, 0.717) is 11.3 Å². The second-order valence-electron chi connectivity index (χ2n) is 16.4. The van der Waals surface area contributed by atoms with Crippen LogP contribution in [-0.4, -0.2) is 86.3 Å². The monoisotopic (exact) mass is 797 g/mol. The lowest BCUT2D eigenvalue weighted by atomic mass is 9.59. The zero-order chi connectivity index (χ0) is 45.2. The van der Waals surface area contributed by atoms with Crippen molar-refractivity contribution in [3.05, 3.63) is 133 Å². The lowest BCUT2D eigenvalue weighted by Crippen LogP contribution is -2.53. The standard InChI is InChI=1S/C52H22B11NO/c53-39-36(33-22-25-10-2-3-13-27(25)30-15-5-6-16-31(30)33)40(54)48(62)51(47(39)61)64(50-38-37(42(56)46(60)49(50)63)41(55)44(58)45(59)43(38)57)26-12-7-11-24(21-26)28-17-8-18-34-35(28)32-20-19-23-9-1-4-14-29(23)52(32)65-34/h1-22H. The van der Waals surface area contributed by atoms with Gasteiger partial charge in [0.2, 0.25) is 0 Å². The molecule has 0 saturated carbocycles. The predicted octanol–water partition coefficient (Wildman–Crippen LogP) is 1.73. The van der Waals surface area contributed by atoms with E-state index < -0.39 is 0 Å². The second kappa shape index (κ2) is 15.3. The molecule has 2 nitrogen and oxygen atoms in total. The molecule has 11 rings (SSSR count). The maximum atomic E-state index is 7.31. The maximum Gasteiger partial charge on any atom is 0.143 e. The van der Waals surface area contributed by atoms with Crippen molar-refractivity contribution in [2.24, 2.45) is 0 Å². The molecule has 0 unspecified atom stereocenters. The molecule has 11 aromatic rings. The number of hydrogen-bond donors (Lipinski definition) is 0. The normalized spacial score (nSPS) is 11.8. The first-order chi connectivity index (χ1) is 31.4. The van der Waals surface area contributed by atoms with E-state index in [1.807, 2.05) is 97.1 Å². The van der Waals surface area contributed by atoms with E-state index in [2.05, 4.69) is 36.4 Å². The van der Waals surface area contributed by atoms with Gasteiger partial charge in [0.15, 0.2) is 0 Å². The van der Waals surface area contributed by atoms with Crippen molar-refractivity contribution >= 4 is 228 Å². The third-order valence-corrected chi connectivity index (χ3v) is 12.9. The molecule has 0 amide bonds. The van der Waals surface area contributed by atoms with Gasteiger partial charge in [-0.2, -0.15) is 0 Å². The first kappa shape index (κ1) is 41.3. The van der Waals surface area contributed by atoms with E-state index in [1.54, 1.807) is 4.90 Å². The average Bonchev–Trinajstić information content (AvgIpc) is 3.73. The molecule has 0 aliphatic rings. The van der Waals surface area contributed by atoms with Crippen LogP contribution in [0.2, 0.25) is 0 Å². The van der Waals surface area contributed by atoms with Crippen LogP contribution < -0.4 is 65.0 Å². The Labute approximate surface area is 391 Å². The Kier molecular flexibility index (Phi) is 9.74. The van der Waals surface area contributed by atoms with Crippen LogP contribution >= 0.6 is 0 Å². The molecule has 0 atom stereocenters. The van der Waals surface area contributed by atoms with Crippen molar-refractivity contribution in [2.45, 2.75) is 0 Å². The quantitative estimate of drug-likeness (QED) is 0.195. The highest BCUT2D eigenvalue weighted by Crippen LogP contribution is 2.42. The maximum absolute atomic E-state index is 7.31. The van der Waals surface area contributed by atoms with Crippen molar-refractivity contribution in [1.29, 1.82) is 0 Å². The minimum absolute atomic E-state index is 0.0168. The highest BCUT2D eigenvalue weighted by Gasteiger charge is 2.28. The summed E-state index contributed by atoms with van der Waals surface area (Å²) in [5.74, 6) is 0. The van der Waals surface area contributed by atoms with Crippen LogP contribution in [0.4, 0.5) is 17.1 Å². The molecule has 0 spiro atoms. The number of benzene rings is 10. The van der Waals surface area contributed by atoms with E-state index in [9.17, 15) is 0 Å². The Morgan fingerprint density at radius 1 is 0.338 bits per heavy atom. The lowest BCUT2D eigenvalue weighted by molar-refractivity contribution is 0.673. The smallest absolute Gasteiger partial charge is 0.143 e. The minimum Gasteiger partial charge on any atom is -0.455 e. The highest BCUT2D eigenvalue weighted by molar-refractivity contribution is 6.72. The van der Waals surface area contributed by atoms with Gasteiger partial charge in [-0.25, -0.2) is 0 Å². The van der Waals surface area contributed by atoms with E-state index in [0.717, 1.165) is 70.9 Å². The molecular weight excluding hydrogens is 774 g/mol. The van der Waals surface area contributed by atoms with Gasteiger partial charge < -0.3 is 9.32 Å². The predicted molar refractivity (Wildman–Crippen MR) is 289 cm³/mol. The number of nitrogens with zero attached hydrogens (tertiary/aromatic N) is 1. The fourth-order valence-electron chi connectivity index (χ4n) is 9.71. The molecule has 0 fully saturated rings. The molecule has 0 saturated heterocycles. The second-order valence-corrected chi connectivity index (χ2v) is 16.4. The molecule has 1 aromatic heterocycles. The topological polar surface area (TPSA) is 16.4 Å². The van der Waals surface area contributed by atoms with Crippen molar-refractivity contribution in [1.82, 2.24) is 0 Å². The third-order valence-electron chi connectivity index (χ3n) is 12.9. The Hall–Kier alpha value is -6.45. The van der Waals surface area contributed by atoms with Crippen LogP contribution in [0.5, 0.6) is 0 Å². The van der Waals surface area contributed by atoms with Crippen molar-refractivity contribution < 1.29 is 4.42 Å². The summed E-state index contributed by atoms with van der Waals surface area (Å²) < 4.78 is 6.57. The van der Waals surface area contributed by atoms with Gasteiger partial charge in [0, 0.05) is 33.2 Å². The largest absolute Gasteiger partial charge is 0.455 e. The fourth-order valence-corrected chi connectivity index (χ4v) is 9.71. The van der Waals surface area contributed by atoms with Crippen molar-refractivity contribution in [3.8, 4) is 22.3 Å². The molecule has 10 aromatic carbocycles. The van der Waals surface area contributed by atoms with Gasteiger partial charge in [-0.05, 0) is 90.3 Å². The van der Waals surface area contributed by atoms with Crippen LogP contribution in [0.1, 0.15) is 0 Å². The first-order valence-corrected chi connectivity index (χ1v) is 20.8. The number of furan rings is 1. The molecule has 0 bridgehead atoms. The van der Waals surface area contributed by atoms with E-state index in [1.165, 1.54) is 0 Å². The molecule has 0 N–H and O–H groups in total. The Morgan fingerprint density at radius 2 is 0.908 bits per heavy atom. The van der Waals surface area contributed by atoms with Gasteiger partial charge in [0.25, 0.3) is 0 Å². The Balaban J connectivity index is 1.23. The summed E-state index contributed by atoms with van der Waals surface area (Å²) in [5.41, 5.74) is 6.25. The molecule has 1 heterocycles. The van der Waals surface area contributed by atoms with Gasteiger partial charge in [-0.1, -0.05) is 147 Å². The zero-order valence-electron chi connectivity index (χ0n) is 34.9. The number of hydrogen-bond acceptors (Lipinski definition) is 2. The van der Waals surface area contributed by atoms with Crippen LogP contribution in [0.15, 0.2) is 138 Å². The van der Waals surface area contributed by atoms with Gasteiger partial charge in [-0.15, -0.1) is 16.4 Å². The van der Waals surface area contributed by atoms with Crippen LogP contribution in [0, 0.1) is 0 Å².